The molecule has 1 aliphatic rings. The molecular formula is C15H18N4O3. The summed E-state index contributed by atoms with van der Waals surface area (Å²) >= 11 is 0. The molecule has 1 heterocycles. The summed E-state index contributed by atoms with van der Waals surface area (Å²) in [6, 6.07) is 6.99. The van der Waals surface area contributed by atoms with Gasteiger partial charge in [0.25, 0.3) is 0 Å². The minimum Gasteiger partial charge on any atom is -0.496 e. The van der Waals surface area contributed by atoms with Crippen LogP contribution in [0.3, 0.4) is 0 Å². The number of ether oxygens (including phenoxy) is 1. The summed E-state index contributed by atoms with van der Waals surface area (Å²) in [5.41, 5.74) is 5.87. The van der Waals surface area contributed by atoms with E-state index in [1.54, 1.807) is 14.0 Å². The lowest BCUT2D eigenvalue weighted by Gasteiger charge is -2.13. The largest absolute Gasteiger partial charge is 0.496 e. The van der Waals surface area contributed by atoms with Crippen molar-refractivity contribution in [2.75, 3.05) is 7.11 Å². The maximum Gasteiger partial charge on any atom is 0.249 e. The highest BCUT2D eigenvalue weighted by atomic mass is 16.5. The second-order valence-electron chi connectivity index (χ2n) is 5.51. The first-order valence-electron chi connectivity index (χ1n) is 7.10. The lowest BCUT2D eigenvalue weighted by Crippen LogP contribution is -2.43. The molecule has 7 heteroatoms. The number of hydrogen-bond donors (Lipinski definition) is 2. The van der Waals surface area contributed by atoms with Gasteiger partial charge >= 0.3 is 0 Å². The summed E-state index contributed by atoms with van der Waals surface area (Å²) in [7, 11) is 1.58. The maximum atomic E-state index is 11.9. The van der Waals surface area contributed by atoms with Gasteiger partial charge in [-0.25, -0.2) is 0 Å². The van der Waals surface area contributed by atoms with Gasteiger partial charge in [0.15, 0.2) is 0 Å². The molecule has 1 amide bonds. The third kappa shape index (κ3) is 2.67. The lowest BCUT2D eigenvalue weighted by molar-refractivity contribution is -0.124. The van der Waals surface area contributed by atoms with Gasteiger partial charge in [0, 0.05) is 0 Å². The van der Waals surface area contributed by atoms with Crippen LogP contribution in [0.25, 0.3) is 11.4 Å². The van der Waals surface area contributed by atoms with Crippen molar-refractivity contribution < 1.29 is 14.1 Å². The predicted octanol–water partition coefficient (Wildman–Crippen LogP) is 1.41. The fraction of sp³-hybridized carbons (Fsp3) is 0.400. The molecule has 7 nitrogen and oxygen atoms in total. The molecule has 0 spiro atoms. The minimum atomic E-state index is -0.722. The summed E-state index contributed by atoms with van der Waals surface area (Å²) in [6.07, 6.45) is 1.42. The van der Waals surface area contributed by atoms with Crippen LogP contribution in [-0.2, 0) is 4.79 Å². The van der Waals surface area contributed by atoms with Gasteiger partial charge in [0.05, 0.1) is 18.2 Å². The van der Waals surface area contributed by atoms with E-state index in [-0.39, 0.29) is 5.91 Å². The van der Waals surface area contributed by atoms with Crippen LogP contribution in [-0.4, -0.2) is 28.7 Å². The number of nitrogens with two attached hydrogens (primary N) is 1. The summed E-state index contributed by atoms with van der Waals surface area (Å²) in [4.78, 5) is 16.3. The monoisotopic (exact) mass is 302 g/mol. The number of nitrogens with one attached hydrogen (secondary N) is 1. The van der Waals surface area contributed by atoms with Gasteiger partial charge in [0.1, 0.15) is 11.8 Å². The second-order valence-corrected chi connectivity index (χ2v) is 5.51. The van der Waals surface area contributed by atoms with Gasteiger partial charge in [-0.1, -0.05) is 17.3 Å². The van der Waals surface area contributed by atoms with Crippen LogP contribution in [0.1, 0.15) is 31.7 Å². The van der Waals surface area contributed by atoms with Crippen LogP contribution in [0, 0.1) is 0 Å². The molecule has 0 saturated heterocycles. The van der Waals surface area contributed by atoms with Crippen molar-refractivity contribution in [3.8, 4) is 17.1 Å². The van der Waals surface area contributed by atoms with Gasteiger partial charge in [-0.3, -0.25) is 4.79 Å². The van der Waals surface area contributed by atoms with Gasteiger partial charge in [-0.15, -0.1) is 0 Å². The Hall–Kier alpha value is -2.41. The van der Waals surface area contributed by atoms with Crippen LogP contribution in [0.15, 0.2) is 28.8 Å². The molecule has 22 heavy (non-hydrogen) atoms. The molecular weight excluding hydrogens is 284 g/mol. The van der Waals surface area contributed by atoms with E-state index in [9.17, 15) is 4.79 Å². The average molecular weight is 302 g/mol. The zero-order valence-corrected chi connectivity index (χ0v) is 12.5. The van der Waals surface area contributed by atoms with Gasteiger partial charge in [-0.05, 0) is 31.9 Å². The molecule has 2 aromatic rings. The highest BCUT2D eigenvalue weighted by molar-refractivity contribution is 5.89. The first-order valence-corrected chi connectivity index (χ1v) is 7.10. The Morgan fingerprint density at radius 1 is 1.45 bits per heavy atom. The van der Waals surface area contributed by atoms with E-state index >= 15 is 0 Å². The second kappa shape index (κ2) is 5.42. The van der Waals surface area contributed by atoms with E-state index < -0.39 is 11.6 Å². The van der Waals surface area contributed by atoms with Gasteiger partial charge in [-0.2, -0.15) is 4.98 Å². The zero-order valence-electron chi connectivity index (χ0n) is 12.5. The third-order valence-electron chi connectivity index (χ3n) is 3.75. The van der Waals surface area contributed by atoms with Crippen molar-refractivity contribution in [3.05, 3.63) is 30.2 Å². The predicted molar refractivity (Wildman–Crippen MR) is 79.0 cm³/mol. The highest BCUT2D eigenvalue weighted by Crippen LogP contribution is 2.33. The Morgan fingerprint density at radius 2 is 2.18 bits per heavy atom. The first kappa shape index (κ1) is 14.5. The number of nitrogens with zero attached hydrogens (tertiary/aromatic N) is 2. The molecule has 1 aromatic heterocycles. The number of carbonyl (C=O) groups excluding carboxylic acids is 1. The molecule has 0 aliphatic heterocycles. The number of hydrogen-bond acceptors (Lipinski definition) is 6. The van der Waals surface area contributed by atoms with Crippen LogP contribution in [0.5, 0.6) is 5.75 Å². The van der Waals surface area contributed by atoms with E-state index in [0.29, 0.717) is 30.3 Å². The fourth-order valence-electron chi connectivity index (χ4n) is 2.11. The Labute approximate surface area is 127 Å². The van der Waals surface area contributed by atoms with Crippen LogP contribution in [0.4, 0.5) is 0 Å². The smallest absolute Gasteiger partial charge is 0.249 e. The van der Waals surface area contributed by atoms with Gasteiger partial charge in [0.2, 0.25) is 17.6 Å². The maximum absolute atomic E-state index is 11.9. The Bertz CT molecular complexity index is 694. The summed E-state index contributed by atoms with van der Waals surface area (Å²) in [5, 5.41) is 6.75. The van der Waals surface area contributed by atoms with Crippen LogP contribution in [0.2, 0.25) is 0 Å². The van der Waals surface area contributed by atoms with Crippen LogP contribution < -0.4 is 15.8 Å². The minimum absolute atomic E-state index is 0.183. The summed E-state index contributed by atoms with van der Waals surface area (Å²) in [5.74, 6) is 1.23. The van der Waals surface area contributed by atoms with Crippen molar-refractivity contribution in [3.63, 3.8) is 0 Å². The molecule has 0 radical (unpaired) electrons. The van der Waals surface area contributed by atoms with Gasteiger partial charge < -0.3 is 20.3 Å². The molecule has 1 aromatic carbocycles. The number of para-hydroxylation sites is 1. The highest BCUT2D eigenvalue weighted by Gasteiger charge is 2.46. The fourth-order valence-corrected chi connectivity index (χ4v) is 2.11. The molecule has 1 atom stereocenters. The first-order chi connectivity index (χ1) is 10.5. The standard InChI is InChI=1S/C15H18N4O3/c1-9(17-14(20)15(16)7-8-15)13-18-12(19-22-13)10-5-3-4-6-11(10)21-2/h3-6,9H,7-8,16H2,1-2H3,(H,17,20). The Morgan fingerprint density at radius 3 is 2.86 bits per heavy atom. The van der Waals surface area contributed by atoms with Crippen LogP contribution >= 0.6 is 0 Å². The topological polar surface area (TPSA) is 103 Å². The number of methoxy groups -OCH3 is 1. The third-order valence-corrected chi connectivity index (χ3v) is 3.75. The number of benzene rings is 1. The van der Waals surface area contributed by atoms with E-state index in [1.165, 1.54) is 0 Å². The molecule has 1 saturated carbocycles. The SMILES string of the molecule is COc1ccccc1-c1noc(C(C)NC(=O)C2(N)CC2)n1. The van der Waals surface area contributed by atoms with Crippen molar-refractivity contribution in [1.29, 1.82) is 0 Å². The molecule has 1 fully saturated rings. The van der Waals surface area contributed by atoms with Crippen molar-refractivity contribution in [2.24, 2.45) is 5.73 Å². The van der Waals surface area contributed by atoms with E-state index in [4.69, 9.17) is 15.0 Å². The molecule has 1 unspecified atom stereocenters. The normalized spacial score (nSPS) is 16.9. The number of carbonyl (C=O) groups is 1. The molecule has 3 rings (SSSR count). The van der Waals surface area contributed by atoms with Crippen molar-refractivity contribution >= 4 is 5.91 Å². The quantitative estimate of drug-likeness (QED) is 0.865. The average Bonchev–Trinajstić information content (AvgIpc) is 3.10. The number of rotatable bonds is 5. The molecule has 0 bridgehead atoms. The lowest BCUT2D eigenvalue weighted by atomic mass is 10.2. The Kier molecular flexibility index (Phi) is 3.58. The number of amides is 1. The van der Waals surface area contributed by atoms with Crippen molar-refractivity contribution in [1.82, 2.24) is 15.5 Å². The van der Waals surface area contributed by atoms with E-state index in [1.807, 2.05) is 24.3 Å². The number of aromatic nitrogens is 2. The molecule has 3 N–H and O–H groups in total. The molecule has 116 valence electrons. The summed E-state index contributed by atoms with van der Waals surface area (Å²) < 4.78 is 10.5. The molecule has 1 aliphatic carbocycles. The van der Waals surface area contributed by atoms with Crippen molar-refractivity contribution in [2.45, 2.75) is 31.3 Å². The van der Waals surface area contributed by atoms with E-state index in [2.05, 4.69) is 15.5 Å². The Balaban J connectivity index is 1.77. The van der Waals surface area contributed by atoms with E-state index in [0.717, 1.165) is 5.56 Å². The summed E-state index contributed by atoms with van der Waals surface area (Å²) in [6.45, 7) is 1.78. The zero-order chi connectivity index (χ0) is 15.7.